The van der Waals surface area contributed by atoms with Crippen molar-refractivity contribution < 1.29 is 19.0 Å². The van der Waals surface area contributed by atoms with Crippen LogP contribution in [0.15, 0.2) is 78.2 Å². The molecule has 1 aliphatic heterocycles. The first-order chi connectivity index (χ1) is 18.7. The van der Waals surface area contributed by atoms with Crippen LogP contribution in [-0.4, -0.2) is 62.5 Å². The molecule has 1 aromatic heterocycles. The zero-order valence-electron chi connectivity index (χ0n) is 21.2. The molecule has 38 heavy (non-hydrogen) atoms. The lowest BCUT2D eigenvalue weighted by Gasteiger charge is -2.26. The van der Waals surface area contributed by atoms with Crippen molar-refractivity contribution in [1.82, 2.24) is 9.88 Å². The number of nitrogens with one attached hydrogen (secondary N) is 2. The van der Waals surface area contributed by atoms with Crippen LogP contribution in [0.25, 0.3) is 21.8 Å². The van der Waals surface area contributed by atoms with E-state index in [4.69, 9.17) is 19.2 Å². The number of rotatable bonds is 9. The lowest BCUT2D eigenvalue weighted by Crippen LogP contribution is -2.38. The third-order valence-corrected chi connectivity index (χ3v) is 7.06. The van der Waals surface area contributed by atoms with Gasteiger partial charge in [-0.3, -0.25) is 4.90 Å². The van der Waals surface area contributed by atoms with Crippen molar-refractivity contribution in [2.45, 2.75) is 0 Å². The number of ether oxygens (including phenoxy) is 3. The van der Waals surface area contributed by atoms with Gasteiger partial charge in [0.05, 0.1) is 26.0 Å². The third-order valence-electron chi connectivity index (χ3n) is 6.17. The Labute approximate surface area is 226 Å². The highest BCUT2D eigenvalue weighted by atomic mass is 32.1. The second kappa shape index (κ2) is 12.6. The molecular weight excluding hydrogens is 500 g/mol. The summed E-state index contributed by atoms with van der Waals surface area (Å²) in [6, 6.07) is 22.6. The number of morpholine rings is 1. The molecule has 0 radical (unpaired) electrons. The van der Waals surface area contributed by atoms with Gasteiger partial charge in [0.15, 0.2) is 0 Å². The Balaban J connectivity index is 1.13. The van der Waals surface area contributed by atoms with Gasteiger partial charge in [-0.1, -0.05) is 12.1 Å². The minimum absolute atomic E-state index is 0.313. The summed E-state index contributed by atoms with van der Waals surface area (Å²) < 4.78 is 16.4. The minimum atomic E-state index is -0.313. The number of carbonyl (C=O) groups excluding carboxylic acids is 1. The largest absolute Gasteiger partial charge is 0.497 e. The summed E-state index contributed by atoms with van der Waals surface area (Å²) in [5.41, 5.74) is 4.30. The SMILES string of the molecule is COc1ccc(NC(=O)Nc2ccc(-c3csc(-c4ccc(OCCN5CCOCC5)cc4)n3)cc2)cc1. The Morgan fingerprint density at radius 3 is 2.16 bits per heavy atom. The zero-order chi connectivity index (χ0) is 26.2. The molecule has 0 atom stereocenters. The van der Waals surface area contributed by atoms with E-state index in [2.05, 4.69) is 15.5 Å². The Morgan fingerprint density at radius 1 is 0.895 bits per heavy atom. The van der Waals surface area contributed by atoms with Crippen molar-refractivity contribution in [1.29, 1.82) is 0 Å². The molecule has 9 heteroatoms. The van der Waals surface area contributed by atoms with Gasteiger partial charge in [-0.15, -0.1) is 11.3 Å². The number of hydrogen-bond donors (Lipinski definition) is 2. The fourth-order valence-corrected chi connectivity index (χ4v) is 4.88. The van der Waals surface area contributed by atoms with Gasteiger partial charge in [-0.25, -0.2) is 9.78 Å². The van der Waals surface area contributed by atoms with Crippen LogP contribution < -0.4 is 20.1 Å². The predicted molar refractivity (Wildman–Crippen MR) is 151 cm³/mol. The third kappa shape index (κ3) is 6.89. The fourth-order valence-electron chi connectivity index (χ4n) is 4.04. The molecule has 0 unspecified atom stereocenters. The Kier molecular flexibility index (Phi) is 8.49. The normalized spacial score (nSPS) is 13.6. The van der Waals surface area contributed by atoms with Crippen LogP contribution in [0.5, 0.6) is 11.5 Å². The van der Waals surface area contributed by atoms with Gasteiger partial charge >= 0.3 is 6.03 Å². The van der Waals surface area contributed by atoms with Crippen LogP contribution in [-0.2, 0) is 4.74 Å². The van der Waals surface area contributed by atoms with E-state index in [0.717, 1.165) is 66.2 Å². The average molecular weight is 531 g/mol. The minimum Gasteiger partial charge on any atom is -0.497 e. The molecule has 0 bridgehead atoms. The number of benzene rings is 3. The van der Waals surface area contributed by atoms with Crippen LogP contribution in [0.2, 0.25) is 0 Å². The number of hydrogen-bond acceptors (Lipinski definition) is 7. The van der Waals surface area contributed by atoms with E-state index in [9.17, 15) is 4.79 Å². The molecule has 2 amide bonds. The first-order valence-electron chi connectivity index (χ1n) is 12.5. The quantitative estimate of drug-likeness (QED) is 0.283. The first-order valence-corrected chi connectivity index (χ1v) is 13.4. The standard InChI is InChI=1S/C29H30N4O4S/c1-35-25-12-8-24(9-13-25)31-29(34)30-23-6-2-21(3-7-23)27-20-38-28(32-27)22-4-10-26(11-5-22)37-19-16-33-14-17-36-18-15-33/h2-13,20H,14-19H2,1H3,(H2,30,31,34). The maximum absolute atomic E-state index is 12.3. The molecule has 1 fully saturated rings. The molecule has 0 aliphatic carbocycles. The van der Waals surface area contributed by atoms with E-state index in [0.29, 0.717) is 18.0 Å². The van der Waals surface area contributed by atoms with Crippen molar-refractivity contribution in [2.75, 3.05) is 57.2 Å². The highest BCUT2D eigenvalue weighted by Gasteiger charge is 2.11. The van der Waals surface area contributed by atoms with E-state index < -0.39 is 0 Å². The molecule has 0 spiro atoms. The summed E-state index contributed by atoms with van der Waals surface area (Å²) in [5.74, 6) is 1.59. The van der Waals surface area contributed by atoms with Crippen LogP contribution in [0, 0.1) is 0 Å². The molecule has 1 aliphatic rings. The monoisotopic (exact) mass is 530 g/mol. The summed E-state index contributed by atoms with van der Waals surface area (Å²) in [5, 5.41) is 8.64. The lowest BCUT2D eigenvalue weighted by atomic mass is 10.1. The zero-order valence-corrected chi connectivity index (χ0v) is 22.0. The smallest absolute Gasteiger partial charge is 0.323 e. The predicted octanol–water partition coefficient (Wildman–Crippen LogP) is 5.84. The molecule has 3 aromatic carbocycles. The summed E-state index contributed by atoms with van der Waals surface area (Å²) in [7, 11) is 1.60. The Morgan fingerprint density at radius 2 is 1.50 bits per heavy atom. The Hall–Kier alpha value is -3.92. The number of urea groups is 1. The van der Waals surface area contributed by atoms with E-state index in [-0.39, 0.29) is 6.03 Å². The van der Waals surface area contributed by atoms with Gasteiger partial charge in [0, 0.05) is 47.5 Å². The molecule has 0 saturated carbocycles. The summed E-state index contributed by atoms with van der Waals surface area (Å²) in [6.07, 6.45) is 0. The fraction of sp³-hybridized carbons (Fsp3) is 0.241. The van der Waals surface area contributed by atoms with Gasteiger partial charge < -0.3 is 24.8 Å². The number of aromatic nitrogens is 1. The molecule has 4 aromatic rings. The molecular formula is C29H30N4O4S. The number of amides is 2. The lowest BCUT2D eigenvalue weighted by molar-refractivity contribution is 0.0322. The average Bonchev–Trinajstić information content (AvgIpc) is 3.45. The molecule has 2 heterocycles. The van der Waals surface area contributed by atoms with Crippen LogP contribution in [0.1, 0.15) is 0 Å². The van der Waals surface area contributed by atoms with Crippen molar-refractivity contribution in [3.8, 4) is 33.3 Å². The maximum atomic E-state index is 12.3. The van der Waals surface area contributed by atoms with Crippen molar-refractivity contribution in [3.63, 3.8) is 0 Å². The molecule has 5 rings (SSSR count). The highest BCUT2D eigenvalue weighted by molar-refractivity contribution is 7.13. The van der Waals surface area contributed by atoms with Crippen LogP contribution in [0.3, 0.4) is 0 Å². The summed E-state index contributed by atoms with van der Waals surface area (Å²) >= 11 is 1.60. The van der Waals surface area contributed by atoms with Gasteiger partial charge in [0.2, 0.25) is 0 Å². The maximum Gasteiger partial charge on any atom is 0.323 e. The number of nitrogens with zero attached hydrogens (tertiary/aromatic N) is 2. The van der Waals surface area contributed by atoms with E-state index >= 15 is 0 Å². The van der Waals surface area contributed by atoms with Crippen molar-refractivity contribution in [3.05, 3.63) is 78.2 Å². The second-order valence-electron chi connectivity index (χ2n) is 8.75. The summed E-state index contributed by atoms with van der Waals surface area (Å²) in [6.45, 7) is 5.10. The van der Waals surface area contributed by atoms with Crippen molar-refractivity contribution in [2.24, 2.45) is 0 Å². The van der Waals surface area contributed by atoms with Gasteiger partial charge in [-0.05, 0) is 60.7 Å². The molecule has 2 N–H and O–H groups in total. The first kappa shape index (κ1) is 25.7. The van der Waals surface area contributed by atoms with E-state index in [1.165, 1.54) is 0 Å². The number of carbonyl (C=O) groups is 1. The van der Waals surface area contributed by atoms with Gasteiger partial charge in [0.1, 0.15) is 23.1 Å². The number of methoxy groups -OCH3 is 1. The van der Waals surface area contributed by atoms with Crippen LogP contribution >= 0.6 is 11.3 Å². The number of thiazole rings is 1. The van der Waals surface area contributed by atoms with Crippen LogP contribution in [0.4, 0.5) is 16.2 Å². The number of anilines is 2. The molecule has 196 valence electrons. The van der Waals surface area contributed by atoms with Crippen molar-refractivity contribution >= 4 is 28.7 Å². The van der Waals surface area contributed by atoms with Gasteiger partial charge in [0.25, 0.3) is 0 Å². The summed E-state index contributed by atoms with van der Waals surface area (Å²) in [4.78, 5) is 19.5. The Bertz CT molecular complexity index is 1320. The molecule has 1 saturated heterocycles. The van der Waals surface area contributed by atoms with Gasteiger partial charge in [-0.2, -0.15) is 0 Å². The topological polar surface area (TPSA) is 85.0 Å². The van der Waals surface area contributed by atoms with E-state index in [1.54, 1.807) is 42.7 Å². The molecule has 8 nitrogen and oxygen atoms in total. The van der Waals surface area contributed by atoms with E-state index in [1.807, 2.05) is 53.9 Å². The second-order valence-corrected chi connectivity index (χ2v) is 9.61. The highest BCUT2D eigenvalue weighted by Crippen LogP contribution is 2.30.